The van der Waals surface area contributed by atoms with E-state index in [-0.39, 0.29) is 0 Å². The van der Waals surface area contributed by atoms with Gasteiger partial charge in [-0.3, -0.25) is 0 Å². The van der Waals surface area contributed by atoms with Crippen molar-refractivity contribution in [2.75, 3.05) is 14.2 Å². The Morgan fingerprint density at radius 2 is 0.725 bits per heavy atom. The molecule has 0 saturated carbocycles. The van der Waals surface area contributed by atoms with Gasteiger partial charge in [-0.05, 0) is 45.9 Å². The van der Waals surface area contributed by atoms with Gasteiger partial charge in [-0.15, -0.1) is 4.48 Å². The highest BCUT2D eigenvalue weighted by molar-refractivity contribution is 8.03. The Balaban J connectivity index is 2.93. The number of methoxy groups -OCH3 is 2. The lowest BCUT2D eigenvalue weighted by atomic mass is 9.79. The fraction of sp³-hybridized carbons (Fsp3) is 0.600. The van der Waals surface area contributed by atoms with E-state index in [0.29, 0.717) is 33.8 Å². The summed E-state index contributed by atoms with van der Waals surface area (Å²) in [6.07, 6.45) is 0. The standard InChI is InChI=1S/C30H46FNO6S2/c1-27(2,3)21-15-19(16-22(25(21)37-13)28(4,5)6)39(33,34)32(31)40(35,36)20-17-23(29(7,8)9)26(38-14)24(18-20)30(10,11)12/h15-18H,1-14H3. The molecule has 0 amide bonds. The lowest BCUT2D eigenvalue weighted by Gasteiger charge is -2.30. The second kappa shape index (κ2) is 10.6. The van der Waals surface area contributed by atoms with E-state index < -0.39 is 55.4 Å². The zero-order chi connectivity index (χ0) is 31.4. The normalized spacial score (nSPS) is 14.0. The molecule has 0 aromatic heterocycles. The van der Waals surface area contributed by atoms with E-state index >= 15 is 4.48 Å². The average molecular weight is 600 g/mol. The van der Waals surface area contributed by atoms with Crippen LogP contribution in [0.4, 0.5) is 4.48 Å². The first-order valence-electron chi connectivity index (χ1n) is 13.1. The van der Waals surface area contributed by atoms with Gasteiger partial charge in [0.1, 0.15) is 11.5 Å². The smallest absolute Gasteiger partial charge is 0.283 e. The van der Waals surface area contributed by atoms with Crippen molar-refractivity contribution in [3.63, 3.8) is 0 Å². The molecule has 0 saturated heterocycles. The van der Waals surface area contributed by atoms with Crippen molar-refractivity contribution >= 4 is 20.0 Å². The van der Waals surface area contributed by atoms with Gasteiger partial charge in [-0.25, -0.2) is 16.8 Å². The molecule has 0 heterocycles. The summed E-state index contributed by atoms with van der Waals surface area (Å²) in [5, 5.41) is 0. The van der Waals surface area contributed by atoms with Crippen LogP contribution in [0, 0.1) is 0 Å². The number of benzene rings is 2. The molecule has 0 fully saturated rings. The van der Waals surface area contributed by atoms with E-state index in [4.69, 9.17) is 9.47 Å². The maximum Gasteiger partial charge on any atom is 0.283 e. The topological polar surface area (TPSA) is 90.0 Å². The maximum atomic E-state index is 16.0. The number of hydrogen-bond acceptors (Lipinski definition) is 6. The van der Waals surface area contributed by atoms with Crippen LogP contribution in [0.5, 0.6) is 11.5 Å². The Hall–Kier alpha value is -2.17. The summed E-state index contributed by atoms with van der Waals surface area (Å²) < 4.78 is 81.2. The van der Waals surface area contributed by atoms with Crippen molar-refractivity contribution in [1.82, 2.24) is 3.93 Å². The second-order valence-corrected chi connectivity index (χ2v) is 18.0. The van der Waals surface area contributed by atoms with Crippen LogP contribution in [0.25, 0.3) is 0 Å². The van der Waals surface area contributed by atoms with Crippen LogP contribution < -0.4 is 9.47 Å². The Labute approximate surface area is 241 Å². The van der Waals surface area contributed by atoms with E-state index in [1.807, 2.05) is 83.1 Å². The van der Waals surface area contributed by atoms with Gasteiger partial charge in [0.05, 0.1) is 27.9 Å². The summed E-state index contributed by atoms with van der Waals surface area (Å²) in [6, 6.07) is 5.17. The molecular formula is C30H46FNO6S2. The number of sulfonamides is 2. The molecule has 0 aliphatic heterocycles. The van der Waals surface area contributed by atoms with Crippen LogP contribution in [-0.2, 0) is 41.7 Å². The van der Waals surface area contributed by atoms with Crippen LogP contribution in [-0.4, -0.2) is 35.0 Å². The SMILES string of the molecule is COc1c(C(C)(C)C)cc(S(=O)(=O)N(F)S(=O)(=O)c2cc(C(C)(C)C)c(OC)c(C(C)(C)C)c2)cc1C(C)(C)C. The number of rotatable bonds is 6. The summed E-state index contributed by atoms with van der Waals surface area (Å²) in [4.78, 5) is -0.954. The minimum Gasteiger partial charge on any atom is -0.496 e. The van der Waals surface area contributed by atoms with E-state index in [1.165, 1.54) is 38.5 Å². The number of hydrogen-bond donors (Lipinski definition) is 0. The molecule has 2 aromatic rings. The van der Waals surface area contributed by atoms with Gasteiger partial charge in [-0.2, -0.15) is 0 Å². The van der Waals surface area contributed by atoms with Crippen molar-refractivity contribution in [1.29, 1.82) is 0 Å². The zero-order valence-electron chi connectivity index (χ0n) is 26.4. The Morgan fingerprint density at radius 1 is 0.525 bits per heavy atom. The Bertz CT molecular complexity index is 1300. The van der Waals surface area contributed by atoms with Gasteiger partial charge in [0.15, 0.2) is 0 Å². The molecule has 40 heavy (non-hydrogen) atoms. The third-order valence-corrected chi connectivity index (χ3v) is 10.3. The summed E-state index contributed by atoms with van der Waals surface area (Å²) in [5.74, 6) is 0.957. The van der Waals surface area contributed by atoms with Gasteiger partial charge in [0.2, 0.25) is 0 Å². The van der Waals surface area contributed by atoms with Gasteiger partial charge >= 0.3 is 0 Å². The number of ether oxygens (including phenoxy) is 2. The Kier molecular flexibility index (Phi) is 9.01. The number of nitrogens with zero attached hydrogens (tertiary/aromatic N) is 1. The summed E-state index contributed by atoms with van der Waals surface area (Å²) in [5.41, 5.74) is -0.289. The molecule has 0 aliphatic carbocycles. The molecule has 0 spiro atoms. The molecule has 2 aromatic carbocycles. The van der Waals surface area contributed by atoms with E-state index in [1.54, 1.807) is 0 Å². The first-order chi connectivity index (χ1) is 17.7. The van der Waals surface area contributed by atoms with Crippen molar-refractivity contribution in [2.24, 2.45) is 0 Å². The molecule has 226 valence electrons. The Morgan fingerprint density at radius 3 is 0.875 bits per heavy atom. The van der Waals surface area contributed by atoms with Crippen molar-refractivity contribution < 1.29 is 30.8 Å². The highest BCUT2D eigenvalue weighted by Crippen LogP contribution is 2.44. The maximum absolute atomic E-state index is 16.0. The molecule has 10 heteroatoms. The molecule has 0 radical (unpaired) electrons. The second-order valence-electron chi connectivity index (χ2n) is 14.3. The quantitative estimate of drug-likeness (QED) is 0.327. The van der Waals surface area contributed by atoms with E-state index in [2.05, 4.69) is 0 Å². The first kappa shape index (κ1) is 34.0. The highest BCUT2D eigenvalue weighted by atomic mass is 32.3. The van der Waals surface area contributed by atoms with Gasteiger partial charge < -0.3 is 9.47 Å². The molecule has 0 N–H and O–H groups in total. The monoisotopic (exact) mass is 599 g/mol. The van der Waals surface area contributed by atoms with Crippen molar-refractivity contribution in [2.45, 2.75) is 115 Å². The zero-order valence-corrected chi connectivity index (χ0v) is 28.0. The molecule has 0 unspecified atom stereocenters. The van der Waals surface area contributed by atoms with Crippen LogP contribution in [0.2, 0.25) is 0 Å². The van der Waals surface area contributed by atoms with E-state index in [9.17, 15) is 16.8 Å². The van der Waals surface area contributed by atoms with Crippen LogP contribution in [0.15, 0.2) is 34.1 Å². The minimum atomic E-state index is -5.16. The summed E-state index contributed by atoms with van der Waals surface area (Å²) in [7, 11) is -7.33. The minimum absolute atomic E-state index is 0.477. The molecule has 0 aliphatic rings. The number of halogens is 1. The lowest BCUT2D eigenvalue weighted by molar-refractivity contribution is 0.250. The third-order valence-electron chi connectivity index (χ3n) is 6.74. The van der Waals surface area contributed by atoms with E-state index in [0.717, 1.165) is 0 Å². The molecule has 7 nitrogen and oxygen atoms in total. The molecule has 2 rings (SSSR count). The molecular weight excluding hydrogens is 553 g/mol. The highest BCUT2D eigenvalue weighted by Gasteiger charge is 2.41. The van der Waals surface area contributed by atoms with Gasteiger partial charge in [0.25, 0.3) is 20.0 Å². The van der Waals surface area contributed by atoms with Crippen molar-refractivity contribution in [3.05, 3.63) is 46.5 Å². The first-order valence-corrected chi connectivity index (χ1v) is 16.0. The van der Waals surface area contributed by atoms with Gasteiger partial charge in [0, 0.05) is 22.3 Å². The third kappa shape index (κ3) is 6.49. The molecule has 0 atom stereocenters. The average Bonchev–Trinajstić information content (AvgIpc) is 2.79. The van der Waals surface area contributed by atoms with Crippen LogP contribution in [0.3, 0.4) is 0 Å². The van der Waals surface area contributed by atoms with Gasteiger partial charge in [-0.1, -0.05) is 83.1 Å². The predicted molar refractivity (Wildman–Crippen MR) is 158 cm³/mol. The predicted octanol–water partition coefficient (Wildman–Crippen LogP) is 7.16. The fourth-order valence-electron chi connectivity index (χ4n) is 4.47. The van der Waals surface area contributed by atoms with Crippen LogP contribution >= 0.6 is 0 Å². The fourth-order valence-corrected chi connectivity index (χ4v) is 7.41. The van der Waals surface area contributed by atoms with Crippen LogP contribution in [0.1, 0.15) is 105 Å². The largest absolute Gasteiger partial charge is 0.496 e. The summed E-state index contributed by atoms with van der Waals surface area (Å²) in [6.45, 7) is 22.5. The summed E-state index contributed by atoms with van der Waals surface area (Å²) >= 11 is 0. The molecule has 0 bridgehead atoms. The lowest BCUT2D eigenvalue weighted by Crippen LogP contribution is -2.31. The van der Waals surface area contributed by atoms with Crippen molar-refractivity contribution in [3.8, 4) is 11.5 Å².